The second-order valence-electron chi connectivity index (χ2n) is 4.97. The quantitative estimate of drug-likeness (QED) is 0.862. The third-order valence-electron chi connectivity index (χ3n) is 3.41. The van der Waals surface area contributed by atoms with Crippen molar-refractivity contribution in [1.82, 2.24) is 5.32 Å². The molecular formula is C13H15Br2NO. The monoisotopic (exact) mass is 359 g/mol. The van der Waals surface area contributed by atoms with E-state index in [-0.39, 0.29) is 5.91 Å². The molecule has 1 aromatic carbocycles. The highest BCUT2D eigenvalue weighted by Crippen LogP contribution is 2.39. The zero-order valence-corrected chi connectivity index (χ0v) is 12.9. The molecule has 2 rings (SSSR count). The first-order valence-electron chi connectivity index (χ1n) is 5.73. The Bertz CT molecular complexity index is 441. The predicted molar refractivity (Wildman–Crippen MR) is 76.1 cm³/mol. The van der Waals surface area contributed by atoms with E-state index in [2.05, 4.69) is 44.1 Å². The number of carbonyl (C=O) groups excluding carboxylic acids is 1. The molecule has 1 aliphatic rings. The van der Waals surface area contributed by atoms with Crippen LogP contribution < -0.4 is 5.32 Å². The lowest BCUT2D eigenvalue weighted by Crippen LogP contribution is -2.40. The molecule has 1 N–H and O–H groups in total. The standard InChI is InChI=1S/C13H15Br2NO/c1-13(5-2-6-13)8-16-12(17)10-4-3-9(14)7-11(10)15/h3-4,7H,2,5-6,8H2,1H3,(H,16,17). The molecule has 1 aliphatic carbocycles. The number of hydrogen-bond acceptors (Lipinski definition) is 1. The van der Waals surface area contributed by atoms with Gasteiger partial charge in [-0.2, -0.15) is 0 Å². The maximum absolute atomic E-state index is 12.0. The van der Waals surface area contributed by atoms with Crippen molar-refractivity contribution in [3.8, 4) is 0 Å². The van der Waals surface area contributed by atoms with E-state index >= 15 is 0 Å². The van der Waals surface area contributed by atoms with E-state index in [1.54, 1.807) is 0 Å². The predicted octanol–water partition coefficient (Wildman–Crippen LogP) is 4.13. The summed E-state index contributed by atoms with van der Waals surface area (Å²) in [5, 5.41) is 3.02. The molecule has 0 spiro atoms. The van der Waals surface area contributed by atoms with Crippen molar-refractivity contribution < 1.29 is 4.79 Å². The molecule has 0 aromatic heterocycles. The van der Waals surface area contributed by atoms with Crippen LogP contribution >= 0.6 is 31.9 Å². The molecular weight excluding hydrogens is 346 g/mol. The lowest BCUT2D eigenvalue weighted by molar-refractivity contribution is 0.0890. The van der Waals surface area contributed by atoms with Crippen LogP contribution in [0.2, 0.25) is 0 Å². The van der Waals surface area contributed by atoms with Gasteiger partial charge < -0.3 is 5.32 Å². The highest BCUT2D eigenvalue weighted by Gasteiger charge is 2.32. The maximum atomic E-state index is 12.0. The summed E-state index contributed by atoms with van der Waals surface area (Å²) >= 11 is 6.78. The van der Waals surface area contributed by atoms with E-state index < -0.39 is 0 Å². The van der Waals surface area contributed by atoms with Gasteiger partial charge in [0.2, 0.25) is 0 Å². The fourth-order valence-corrected chi connectivity index (χ4v) is 3.25. The van der Waals surface area contributed by atoms with Gasteiger partial charge in [-0.1, -0.05) is 29.3 Å². The van der Waals surface area contributed by atoms with E-state index in [4.69, 9.17) is 0 Å². The van der Waals surface area contributed by atoms with Crippen LogP contribution in [-0.2, 0) is 0 Å². The van der Waals surface area contributed by atoms with Crippen molar-refractivity contribution in [2.45, 2.75) is 26.2 Å². The van der Waals surface area contributed by atoms with E-state index in [1.165, 1.54) is 19.3 Å². The van der Waals surface area contributed by atoms with Crippen LogP contribution in [-0.4, -0.2) is 12.5 Å². The Morgan fingerprint density at radius 2 is 2.12 bits per heavy atom. The number of benzene rings is 1. The number of amides is 1. The van der Waals surface area contributed by atoms with Gasteiger partial charge in [-0.05, 0) is 52.4 Å². The average molecular weight is 361 g/mol. The average Bonchev–Trinajstić information content (AvgIpc) is 2.23. The van der Waals surface area contributed by atoms with Crippen LogP contribution in [0.25, 0.3) is 0 Å². The highest BCUT2D eigenvalue weighted by atomic mass is 79.9. The van der Waals surface area contributed by atoms with Gasteiger partial charge in [0, 0.05) is 15.5 Å². The molecule has 4 heteroatoms. The Morgan fingerprint density at radius 1 is 1.41 bits per heavy atom. The first-order chi connectivity index (χ1) is 8.00. The second-order valence-corrected chi connectivity index (χ2v) is 6.74. The zero-order valence-electron chi connectivity index (χ0n) is 9.72. The van der Waals surface area contributed by atoms with Gasteiger partial charge in [0.05, 0.1) is 5.56 Å². The third kappa shape index (κ3) is 3.10. The SMILES string of the molecule is CC1(CNC(=O)c2ccc(Br)cc2Br)CCC1. The molecule has 0 bridgehead atoms. The number of halogens is 2. The molecule has 0 atom stereocenters. The van der Waals surface area contributed by atoms with Crippen LogP contribution in [0.4, 0.5) is 0 Å². The van der Waals surface area contributed by atoms with E-state index in [0.29, 0.717) is 11.0 Å². The molecule has 0 heterocycles. The van der Waals surface area contributed by atoms with Gasteiger partial charge in [-0.25, -0.2) is 0 Å². The largest absolute Gasteiger partial charge is 0.351 e. The Labute approximate surface area is 118 Å². The van der Waals surface area contributed by atoms with Crippen molar-refractivity contribution in [3.63, 3.8) is 0 Å². The summed E-state index contributed by atoms with van der Waals surface area (Å²) in [7, 11) is 0. The fourth-order valence-electron chi connectivity index (χ4n) is 2.02. The minimum atomic E-state index is -0.00231. The van der Waals surface area contributed by atoms with Crippen LogP contribution in [0.5, 0.6) is 0 Å². The normalized spacial score (nSPS) is 17.4. The summed E-state index contributed by atoms with van der Waals surface area (Å²) in [6.07, 6.45) is 3.72. The summed E-state index contributed by atoms with van der Waals surface area (Å²) in [6.45, 7) is 3.00. The summed E-state index contributed by atoms with van der Waals surface area (Å²) < 4.78 is 1.79. The zero-order chi connectivity index (χ0) is 12.5. The van der Waals surface area contributed by atoms with Crippen LogP contribution in [0, 0.1) is 5.41 Å². The lowest BCUT2D eigenvalue weighted by Gasteiger charge is -2.38. The molecule has 1 amide bonds. The van der Waals surface area contributed by atoms with Gasteiger partial charge in [0.25, 0.3) is 5.91 Å². The Kier molecular flexibility index (Phi) is 3.93. The number of nitrogens with one attached hydrogen (secondary N) is 1. The van der Waals surface area contributed by atoms with E-state index in [9.17, 15) is 4.79 Å². The smallest absolute Gasteiger partial charge is 0.252 e. The van der Waals surface area contributed by atoms with Crippen LogP contribution in [0.15, 0.2) is 27.1 Å². The molecule has 0 radical (unpaired) electrons. The van der Waals surface area contributed by atoms with E-state index in [0.717, 1.165) is 15.5 Å². The molecule has 1 aromatic rings. The van der Waals surface area contributed by atoms with Gasteiger partial charge in [0.1, 0.15) is 0 Å². The molecule has 17 heavy (non-hydrogen) atoms. The van der Waals surface area contributed by atoms with Crippen molar-refractivity contribution >= 4 is 37.8 Å². The third-order valence-corrected chi connectivity index (χ3v) is 4.56. The first kappa shape index (κ1) is 13.1. The van der Waals surface area contributed by atoms with Gasteiger partial charge in [0.15, 0.2) is 0 Å². The topological polar surface area (TPSA) is 29.1 Å². The van der Waals surface area contributed by atoms with Crippen molar-refractivity contribution in [2.75, 3.05) is 6.54 Å². The summed E-state index contributed by atoms with van der Waals surface area (Å²) in [5.74, 6) is -0.00231. The van der Waals surface area contributed by atoms with Crippen LogP contribution in [0.1, 0.15) is 36.5 Å². The first-order valence-corrected chi connectivity index (χ1v) is 7.32. The van der Waals surface area contributed by atoms with Crippen LogP contribution in [0.3, 0.4) is 0 Å². The molecule has 1 fully saturated rings. The Morgan fingerprint density at radius 3 is 2.65 bits per heavy atom. The lowest BCUT2D eigenvalue weighted by atomic mass is 9.70. The van der Waals surface area contributed by atoms with Crippen molar-refractivity contribution in [3.05, 3.63) is 32.7 Å². The van der Waals surface area contributed by atoms with E-state index in [1.807, 2.05) is 18.2 Å². The molecule has 0 aliphatic heterocycles. The number of rotatable bonds is 3. The number of carbonyl (C=O) groups is 1. The Balaban J connectivity index is 1.99. The molecule has 92 valence electrons. The van der Waals surface area contributed by atoms with Crippen molar-refractivity contribution in [2.24, 2.45) is 5.41 Å². The fraction of sp³-hybridized carbons (Fsp3) is 0.462. The molecule has 0 saturated heterocycles. The minimum absolute atomic E-state index is 0.00231. The molecule has 0 unspecified atom stereocenters. The number of hydrogen-bond donors (Lipinski definition) is 1. The summed E-state index contributed by atoms with van der Waals surface area (Å²) in [5.41, 5.74) is 1.01. The maximum Gasteiger partial charge on any atom is 0.252 e. The minimum Gasteiger partial charge on any atom is -0.351 e. The van der Waals surface area contributed by atoms with Gasteiger partial charge in [-0.15, -0.1) is 0 Å². The Hall–Kier alpha value is -0.350. The summed E-state index contributed by atoms with van der Waals surface area (Å²) in [4.78, 5) is 12.0. The van der Waals surface area contributed by atoms with Gasteiger partial charge >= 0.3 is 0 Å². The second kappa shape index (κ2) is 5.11. The highest BCUT2D eigenvalue weighted by molar-refractivity contribution is 9.11. The summed E-state index contributed by atoms with van der Waals surface area (Å²) in [6, 6.07) is 5.59. The molecule has 2 nitrogen and oxygen atoms in total. The van der Waals surface area contributed by atoms with Crippen molar-refractivity contribution in [1.29, 1.82) is 0 Å². The molecule has 1 saturated carbocycles. The van der Waals surface area contributed by atoms with Gasteiger partial charge in [-0.3, -0.25) is 4.79 Å².